The van der Waals surface area contributed by atoms with Crippen LogP contribution < -0.4 is 10.9 Å². The first-order valence-corrected chi connectivity index (χ1v) is 11.4. The molecule has 3 fully saturated rings. The number of halogens is 1. The Balaban J connectivity index is 1.39. The molecule has 0 amide bonds. The zero-order chi connectivity index (χ0) is 21.6. The molecule has 0 saturated heterocycles. The first-order chi connectivity index (χ1) is 14.2. The highest BCUT2D eigenvalue weighted by Crippen LogP contribution is 2.61. The number of carbonyl (C=O) groups excluding carboxylic acids is 1. The molecule has 5 rings (SSSR count). The van der Waals surface area contributed by atoms with Crippen molar-refractivity contribution in [2.45, 2.75) is 66.0 Å². The molecule has 3 aliphatic rings. The fraction of sp³-hybridized carbons (Fsp3) is 0.636. The zero-order valence-corrected chi connectivity index (χ0v) is 19.5. The van der Waals surface area contributed by atoms with Crippen molar-refractivity contribution in [1.82, 2.24) is 14.9 Å². The molecule has 3 aliphatic carbocycles. The van der Waals surface area contributed by atoms with Crippen molar-refractivity contribution in [2.75, 3.05) is 5.32 Å². The molecule has 2 heterocycles. The van der Waals surface area contributed by atoms with Gasteiger partial charge in [-0.1, -0.05) is 25.9 Å². The molecular formula is C22H29BrN4O3. The maximum absolute atomic E-state index is 12.7. The summed E-state index contributed by atoms with van der Waals surface area (Å²) in [7, 11) is 0. The number of aromatic nitrogens is 3. The van der Waals surface area contributed by atoms with E-state index in [0.29, 0.717) is 45.6 Å². The molecular weight excluding hydrogens is 448 g/mol. The van der Waals surface area contributed by atoms with E-state index in [0.717, 1.165) is 18.0 Å². The number of hydrogen-bond donors (Lipinski definition) is 1. The van der Waals surface area contributed by atoms with Gasteiger partial charge in [-0.25, -0.2) is 4.68 Å². The number of ketones is 1. The van der Waals surface area contributed by atoms with Gasteiger partial charge < -0.3 is 9.84 Å². The molecule has 2 bridgehead atoms. The van der Waals surface area contributed by atoms with E-state index in [1.54, 1.807) is 6.20 Å². The second kappa shape index (κ2) is 7.94. The Hall–Kier alpha value is -1.96. The minimum absolute atomic E-state index is 0.0526. The highest BCUT2D eigenvalue weighted by molar-refractivity contribution is 9.10. The highest BCUT2D eigenvalue weighted by atomic mass is 79.9. The molecule has 2 aromatic rings. The molecule has 8 heteroatoms. The molecule has 0 aromatic carbocycles. The number of anilines is 1. The standard InChI is InChI=1S/C22H29BrN4O3/c1-12-7-16(30-26-12)6-5-15(28)11-27-21(29)20(23)19(10-24-27)25-18-9-14-8-17(13(18)2)22(14,3)4/h7,10,13-14,17-18,25H,5-6,8-9,11H2,1-4H3/t13-,14+,17-,18-/m1/s1. The van der Waals surface area contributed by atoms with E-state index in [9.17, 15) is 9.59 Å². The smallest absolute Gasteiger partial charge is 0.283 e. The van der Waals surface area contributed by atoms with Crippen molar-refractivity contribution in [3.05, 3.63) is 38.5 Å². The van der Waals surface area contributed by atoms with Crippen LogP contribution in [0.4, 0.5) is 5.69 Å². The van der Waals surface area contributed by atoms with Crippen LogP contribution in [0.5, 0.6) is 0 Å². The highest BCUT2D eigenvalue weighted by Gasteiger charge is 2.56. The summed E-state index contributed by atoms with van der Waals surface area (Å²) in [6.07, 6.45) is 4.81. The summed E-state index contributed by atoms with van der Waals surface area (Å²) in [4.78, 5) is 25.0. The molecule has 2 aromatic heterocycles. The third-order valence-electron chi connectivity index (χ3n) is 7.33. The predicted octanol–water partition coefficient (Wildman–Crippen LogP) is 3.99. The molecule has 0 radical (unpaired) electrons. The average Bonchev–Trinajstić information content (AvgIpc) is 3.12. The number of nitrogens with one attached hydrogen (secondary N) is 1. The van der Waals surface area contributed by atoms with Crippen molar-refractivity contribution in [1.29, 1.82) is 0 Å². The Morgan fingerprint density at radius 3 is 2.80 bits per heavy atom. The van der Waals surface area contributed by atoms with E-state index < -0.39 is 0 Å². The van der Waals surface area contributed by atoms with Crippen LogP contribution in [0.25, 0.3) is 0 Å². The molecule has 0 unspecified atom stereocenters. The number of aryl methyl sites for hydroxylation is 2. The van der Waals surface area contributed by atoms with Crippen LogP contribution in [0, 0.1) is 30.1 Å². The van der Waals surface area contributed by atoms with Crippen molar-refractivity contribution in [3.8, 4) is 0 Å². The van der Waals surface area contributed by atoms with Gasteiger partial charge in [-0.05, 0) is 58.9 Å². The molecule has 3 saturated carbocycles. The molecule has 0 aliphatic heterocycles. The quantitative estimate of drug-likeness (QED) is 0.649. The Labute approximate surface area is 184 Å². The number of Topliss-reactive ketones (excluding diaryl/α,β-unsaturated/α-hetero) is 1. The lowest BCUT2D eigenvalue weighted by Crippen LogP contribution is -2.58. The molecule has 4 atom stereocenters. The van der Waals surface area contributed by atoms with E-state index in [4.69, 9.17) is 4.52 Å². The average molecular weight is 477 g/mol. The van der Waals surface area contributed by atoms with Gasteiger partial charge in [0.2, 0.25) is 0 Å². The van der Waals surface area contributed by atoms with Gasteiger partial charge in [0.15, 0.2) is 5.78 Å². The van der Waals surface area contributed by atoms with Crippen LogP contribution >= 0.6 is 15.9 Å². The van der Waals surface area contributed by atoms with E-state index in [2.05, 4.69) is 52.3 Å². The van der Waals surface area contributed by atoms with Crippen LogP contribution in [0.2, 0.25) is 0 Å². The number of rotatable bonds is 7. The van der Waals surface area contributed by atoms with Crippen LogP contribution in [0.1, 0.15) is 51.5 Å². The van der Waals surface area contributed by atoms with Gasteiger partial charge in [0.05, 0.1) is 17.6 Å². The van der Waals surface area contributed by atoms with E-state index in [1.165, 1.54) is 11.1 Å². The fourth-order valence-electron chi connectivity index (χ4n) is 5.26. The third kappa shape index (κ3) is 3.86. The Morgan fingerprint density at radius 1 is 1.40 bits per heavy atom. The summed E-state index contributed by atoms with van der Waals surface area (Å²) in [6, 6.07) is 2.15. The number of carbonyl (C=O) groups is 1. The SMILES string of the molecule is Cc1cc(CCC(=O)Cn2ncc(N[C@@H]3C[C@@H]4C[C@H]([C@H]3C)C4(C)C)c(Br)c2=O)on1. The zero-order valence-electron chi connectivity index (χ0n) is 17.9. The van der Waals surface area contributed by atoms with Gasteiger partial charge in [0, 0.05) is 24.9 Å². The maximum Gasteiger partial charge on any atom is 0.283 e. The van der Waals surface area contributed by atoms with Gasteiger partial charge in [0.25, 0.3) is 5.56 Å². The van der Waals surface area contributed by atoms with Crippen molar-refractivity contribution < 1.29 is 9.32 Å². The van der Waals surface area contributed by atoms with Crippen molar-refractivity contribution in [2.24, 2.45) is 23.2 Å². The van der Waals surface area contributed by atoms with E-state index in [-0.39, 0.29) is 24.3 Å². The summed E-state index contributed by atoms with van der Waals surface area (Å²) in [5.74, 6) is 2.58. The lowest BCUT2D eigenvalue weighted by molar-refractivity contribution is -0.119. The molecule has 30 heavy (non-hydrogen) atoms. The van der Waals surface area contributed by atoms with Crippen molar-refractivity contribution in [3.63, 3.8) is 0 Å². The normalized spacial score (nSPS) is 26.8. The van der Waals surface area contributed by atoms with E-state index >= 15 is 0 Å². The third-order valence-corrected chi connectivity index (χ3v) is 8.10. The number of nitrogens with zero attached hydrogens (tertiary/aromatic N) is 3. The van der Waals surface area contributed by atoms with Crippen LogP contribution in [0.15, 0.2) is 26.1 Å². The van der Waals surface area contributed by atoms with Gasteiger partial charge in [0.1, 0.15) is 16.8 Å². The van der Waals surface area contributed by atoms with Crippen LogP contribution in [-0.2, 0) is 17.8 Å². The monoisotopic (exact) mass is 476 g/mol. The molecule has 0 spiro atoms. The number of fused-ring (bicyclic) bond motifs is 2. The lowest BCUT2D eigenvalue weighted by Gasteiger charge is -2.62. The van der Waals surface area contributed by atoms with E-state index in [1.807, 2.05) is 13.0 Å². The van der Waals surface area contributed by atoms with Gasteiger partial charge in [-0.2, -0.15) is 5.10 Å². The Morgan fingerprint density at radius 2 is 2.17 bits per heavy atom. The Kier molecular flexibility index (Phi) is 5.64. The maximum atomic E-state index is 12.7. The molecule has 162 valence electrons. The summed E-state index contributed by atoms with van der Waals surface area (Å²) in [5.41, 5.74) is 1.62. The van der Waals surface area contributed by atoms with Gasteiger partial charge in [-0.3, -0.25) is 9.59 Å². The minimum atomic E-state index is -0.294. The van der Waals surface area contributed by atoms with Gasteiger partial charge >= 0.3 is 0 Å². The molecule has 1 N–H and O–H groups in total. The Bertz CT molecular complexity index is 1010. The van der Waals surface area contributed by atoms with Crippen LogP contribution in [-0.4, -0.2) is 26.8 Å². The predicted molar refractivity (Wildman–Crippen MR) is 117 cm³/mol. The summed E-state index contributed by atoms with van der Waals surface area (Å²) >= 11 is 3.42. The second-order valence-electron chi connectivity index (χ2n) is 9.51. The van der Waals surface area contributed by atoms with Gasteiger partial charge in [-0.15, -0.1) is 0 Å². The summed E-state index contributed by atoms with van der Waals surface area (Å²) < 4.78 is 6.77. The summed E-state index contributed by atoms with van der Waals surface area (Å²) in [6.45, 7) is 8.83. The minimum Gasteiger partial charge on any atom is -0.380 e. The second-order valence-corrected chi connectivity index (χ2v) is 10.3. The summed E-state index contributed by atoms with van der Waals surface area (Å²) in [5, 5.41) is 11.6. The fourth-order valence-corrected chi connectivity index (χ4v) is 5.68. The first kappa shape index (κ1) is 21.3. The van der Waals surface area contributed by atoms with Crippen LogP contribution in [0.3, 0.4) is 0 Å². The number of hydrogen-bond acceptors (Lipinski definition) is 6. The molecule has 7 nitrogen and oxygen atoms in total. The lowest BCUT2D eigenvalue weighted by atomic mass is 9.45. The van der Waals surface area contributed by atoms with Crippen molar-refractivity contribution >= 4 is 27.4 Å². The topological polar surface area (TPSA) is 90.0 Å². The first-order valence-electron chi connectivity index (χ1n) is 10.6. The largest absolute Gasteiger partial charge is 0.380 e.